The Balaban J connectivity index is 1.61. The molecule has 1 aromatic heterocycles. The number of likely N-dealkylation sites (N-methyl/N-ethyl adjacent to an activating group) is 1. The van der Waals surface area contributed by atoms with Crippen molar-refractivity contribution in [3.05, 3.63) is 52.2 Å². The van der Waals surface area contributed by atoms with Gasteiger partial charge in [0.1, 0.15) is 5.82 Å². The quantitative estimate of drug-likeness (QED) is 0.790. The van der Waals surface area contributed by atoms with Crippen LogP contribution in [0.3, 0.4) is 0 Å². The number of carbonyl (C=O) groups excluding carboxylic acids is 1. The number of aliphatic hydroxyl groups is 1. The molecule has 1 atom stereocenters. The second-order valence-corrected chi connectivity index (χ2v) is 8.61. The van der Waals surface area contributed by atoms with Gasteiger partial charge in [-0.2, -0.15) is 0 Å². The van der Waals surface area contributed by atoms with Gasteiger partial charge in [-0.25, -0.2) is 4.39 Å². The van der Waals surface area contributed by atoms with Crippen LogP contribution in [0.1, 0.15) is 34.9 Å². The maximum Gasteiger partial charge on any atom is 0.157 e. The fraction of sp³-hybridized carbons (Fsp3) is 0.476. The highest BCUT2D eigenvalue weighted by Gasteiger charge is 2.40. The van der Waals surface area contributed by atoms with E-state index in [1.807, 2.05) is 13.1 Å². The first-order chi connectivity index (χ1) is 13.1. The molecular formula is C21H25FN2O2S. The minimum absolute atomic E-state index is 0.0877. The molecule has 1 aliphatic heterocycles. The summed E-state index contributed by atoms with van der Waals surface area (Å²) >= 11 is 1.75. The molecule has 2 aliphatic rings. The van der Waals surface area contributed by atoms with Gasteiger partial charge in [0.05, 0.1) is 17.6 Å². The van der Waals surface area contributed by atoms with Gasteiger partial charge in [-0.05, 0) is 37.0 Å². The summed E-state index contributed by atoms with van der Waals surface area (Å²) in [6.07, 6.45) is 2.73. The zero-order valence-electron chi connectivity index (χ0n) is 15.5. The highest BCUT2D eigenvalue weighted by Crippen LogP contribution is 2.41. The number of carbonyl (C=O) groups is 1. The summed E-state index contributed by atoms with van der Waals surface area (Å²) in [7, 11) is 1.98. The number of aliphatic hydroxyl groups excluding tert-OH is 1. The molecule has 144 valence electrons. The number of Topliss-reactive ketones (excluding diaryl/α,β-unsaturated/α-hetero) is 1. The second kappa shape index (κ2) is 7.70. The monoisotopic (exact) mass is 388 g/mol. The van der Waals surface area contributed by atoms with E-state index in [4.69, 9.17) is 5.11 Å². The van der Waals surface area contributed by atoms with Crippen molar-refractivity contribution < 1.29 is 14.3 Å². The van der Waals surface area contributed by atoms with Crippen LogP contribution in [-0.2, 0) is 17.8 Å². The van der Waals surface area contributed by atoms with E-state index >= 15 is 0 Å². The third-order valence-electron chi connectivity index (χ3n) is 5.51. The SMILES string of the molecule is CN(CCO)c1cc2c(s1)CCN(C(C(=O)C1CC1)c1ccccc1F)C2. The maximum atomic E-state index is 14.5. The molecule has 1 unspecified atom stereocenters. The Morgan fingerprint density at radius 1 is 1.41 bits per heavy atom. The van der Waals surface area contributed by atoms with E-state index in [0.717, 1.165) is 30.8 Å². The van der Waals surface area contributed by atoms with Crippen LogP contribution in [0.5, 0.6) is 0 Å². The third kappa shape index (κ3) is 3.79. The number of nitrogens with zero attached hydrogens (tertiary/aromatic N) is 2. The molecule has 2 aromatic rings. The Bertz CT molecular complexity index is 833. The Labute approximate surface area is 163 Å². The summed E-state index contributed by atoms with van der Waals surface area (Å²) in [6, 6.07) is 8.35. The highest BCUT2D eigenvalue weighted by molar-refractivity contribution is 7.16. The number of hydrogen-bond donors (Lipinski definition) is 1. The first-order valence-corrected chi connectivity index (χ1v) is 10.4. The molecule has 2 heterocycles. The third-order valence-corrected chi connectivity index (χ3v) is 6.86. The van der Waals surface area contributed by atoms with E-state index in [-0.39, 0.29) is 24.1 Å². The fourth-order valence-corrected chi connectivity index (χ4v) is 4.97. The van der Waals surface area contributed by atoms with Gasteiger partial charge in [0.15, 0.2) is 5.78 Å². The zero-order chi connectivity index (χ0) is 19.0. The summed E-state index contributed by atoms with van der Waals surface area (Å²) in [4.78, 5) is 18.6. The Morgan fingerprint density at radius 2 is 2.19 bits per heavy atom. The summed E-state index contributed by atoms with van der Waals surface area (Å²) in [5.41, 5.74) is 1.72. The van der Waals surface area contributed by atoms with Gasteiger partial charge in [-0.3, -0.25) is 9.69 Å². The molecule has 1 fully saturated rings. The topological polar surface area (TPSA) is 43.8 Å². The average molecular weight is 389 g/mol. The van der Waals surface area contributed by atoms with E-state index in [1.165, 1.54) is 16.5 Å². The van der Waals surface area contributed by atoms with Crippen LogP contribution in [0, 0.1) is 11.7 Å². The molecule has 27 heavy (non-hydrogen) atoms. The normalized spacial score (nSPS) is 18.2. The van der Waals surface area contributed by atoms with Crippen LogP contribution in [-0.4, -0.2) is 42.5 Å². The minimum atomic E-state index is -0.495. The standard InChI is InChI=1S/C21H25FN2O2S/c1-23(10-11-25)19-12-15-13-24(9-8-18(15)27-19)20(21(26)14-6-7-14)16-4-2-3-5-17(16)22/h2-5,12,14,20,25H,6-11,13H2,1H3. The van der Waals surface area contributed by atoms with Crippen molar-refractivity contribution in [2.45, 2.75) is 31.8 Å². The van der Waals surface area contributed by atoms with Gasteiger partial charge >= 0.3 is 0 Å². The minimum Gasteiger partial charge on any atom is -0.395 e. The van der Waals surface area contributed by atoms with Crippen LogP contribution < -0.4 is 4.90 Å². The van der Waals surface area contributed by atoms with Gasteiger partial charge in [0.2, 0.25) is 0 Å². The summed E-state index contributed by atoms with van der Waals surface area (Å²) < 4.78 is 14.5. The molecule has 0 saturated heterocycles. The molecule has 1 saturated carbocycles. The second-order valence-electron chi connectivity index (χ2n) is 7.50. The molecule has 1 aliphatic carbocycles. The first-order valence-electron chi connectivity index (χ1n) is 9.54. The molecule has 4 nitrogen and oxygen atoms in total. The van der Waals surface area contributed by atoms with Crippen LogP contribution >= 0.6 is 11.3 Å². The fourth-order valence-electron chi connectivity index (χ4n) is 3.83. The van der Waals surface area contributed by atoms with Crippen LogP contribution in [0.15, 0.2) is 30.3 Å². The number of hydrogen-bond acceptors (Lipinski definition) is 5. The number of anilines is 1. The lowest BCUT2D eigenvalue weighted by Gasteiger charge is -2.34. The van der Waals surface area contributed by atoms with Gasteiger partial charge in [-0.1, -0.05) is 18.2 Å². The van der Waals surface area contributed by atoms with E-state index in [2.05, 4.69) is 15.9 Å². The zero-order valence-corrected chi connectivity index (χ0v) is 16.3. The van der Waals surface area contributed by atoms with Crippen LogP contribution in [0.2, 0.25) is 0 Å². The molecule has 0 bridgehead atoms. The maximum absolute atomic E-state index is 14.5. The van der Waals surface area contributed by atoms with Gasteiger partial charge in [0.25, 0.3) is 0 Å². The summed E-state index contributed by atoms with van der Waals surface area (Å²) in [5, 5.41) is 10.3. The van der Waals surface area contributed by atoms with E-state index in [1.54, 1.807) is 23.5 Å². The predicted molar refractivity (Wildman–Crippen MR) is 106 cm³/mol. The van der Waals surface area contributed by atoms with Gasteiger partial charge < -0.3 is 10.0 Å². The molecule has 4 rings (SSSR count). The van der Waals surface area contributed by atoms with Crippen molar-refractivity contribution in [2.75, 3.05) is 31.6 Å². The van der Waals surface area contributed by atoms with Crippen molar-refractivity contribution in [2.24, 2.45) is 5.92 Å². The largest absolute Gasteiger partial charge is 0.395 e. The number of rotatable bonds is 7. The lowest BCUT2D eigenvalue weighted by atomic mass is 9.95. The number of benzene rings is 1. The Hall–Kier alpha value is -1.76. The molecule has 0 amide bonds. The van der Waals surface area contributed by atoms with Gasteiger partial charge in [-0.15, -0.1) is 11.3 Å². The van der Waals surface area contributed by atoms with Crippen LogP contribution in [0.4, 0.5) is 9.39 Å². The van der Waals surface area contributed by atoms with Crippen molar-refractivity contribution in [1.29, 1.82) is 0 Å². The first kappa shape index (κ1) is 18.6. The smallest absolute Gasteiger partial charge is 0.157 e. The average Bonchev–Trinajstić information content (AvgIpc) is 3.42. The Kier molecular flexibility index (Phi) is 5.30. The van der Waals surface area contributed by atoms with Gasteiger partial charge in [0, 0.05) is 43.0 Å². The number of halogens is 1. The van der Waals surface area contributed by atoms with E-state index < -0.39 is 6.04 Å². The molecule has 1 aromatic carbocycles. The Morgan fingerprint density at radius 3 is 2.89 bits per heavy atom. The number of thiophene rings is 1. The highest BCUT2D eigenvalue weighted by atomic mass is 32.1. The van der Waals surface area contributed by atoms with E-state index in [0.29, 0.717) is 18.7 Å². The molecule has 1 N–H and O–H groups in total. The molecule has 0 radical (unpaired) electrons. The summed E-state index contributed by atoms with van der Waals surface area (Å²) in [5.74, 6) is -0.0443. The lowest BCUT2D eigenvalue weighted by Crippen LogP contribution is -2.38. The van der Waals surface area contributed by atoms with E-state index in [9.17, 15) is 9.18 Å². The van der Waals surface area contributed by atoms with Crippen molar-refractivity contribution in [3.8, 4) is 0 Å². The molecule has 0 spiro atoms. The predicted octanol–water partition coefficient (Wildman–Crippen LogP) is 3.39. The summed E-state index contributed by atoms with van der Waals surface area (Å²) in [6.45, 7) is 2.14. The number of ketones is 1. The number of fused-ring (bicyclic) bond motifs is 1. The van der Waals surface area contributed by atoms with Crippen molar-refractivity contribution >= 4 is 22.1 Å². The molecular weight excluding hydrogens is 363 g/mol. The lowest BCUT2D eigenvalue weighted by molar-refractivity contribution is -0.126. The van der Waals surface area contributed by atoms with Crippen molar-refractivity contribution in [3.63, 3.8) is 0 Å². The molecule has 6 heteroatoms. The van der Waals surface area contributed by atoms with Crippen LogP contribution in [0.25, 0.3) is 0 Å². The van der Waals surface area contributed by atoms with Crippen molar-refractivity contribution in [1.82, 2.24) is 4.90 Å².